The lowest BCUT2D eigenvalue weighted by atomic mass is 10.1. The van der Waals surface area contributed by atoms with Gasteiger partial charge in [-0.05, 0) is 25.8 Å². The number of piperazine rings is 1. The Bertz CT molecular complexity index is 541. The largest absolute Gasteiger partial charge is 0.378 e. The molecule has 2 fully saturated rings. The lowest BCUT2D eigenvalue weighted by Crippen LogP contribution is -2.53. The van der Waals surface area contributed by atoms with E-state index < -0.39 is 0 Å². The average molecular weight is 335 g/mol. The van der Waals surface area contributed by atoms with Crippen molar-refractivity contribution in [3.63, 3.8) is 0 Å². The molecule has 0 unspecified atom stereocenters. The molecule has 2 saturated heterocycles. The average Bonchev–Trinajstić information content (AvgIpc) is 3.25. The Morgan fingerprint density at radius 2 is 2.33 bits per heavy atom. The molecule has 7 heteroatoms. The molecule has 1 aromatic rings. The fourth-order valence-electron chi connectivity index (χ4n) is 3.65. The summed E-state index contributed by atoms with van der Waals surface area (Å²) in [7, 11) is 2.01. The maximum Gasteiger partial charge on any atom is 0.317 e. The van der Waals surface area contributed by atoms with Gasteiger partial charge in [-0.1, -0.05) is 6.92 Å². The van der Waals surface area contributed by atoms with E-state index in [1.54, 1.807) is 0 Å². The molecule has 2 aliphatic heterocycles. The van der Waals surface area contributed by atoms with Crippen LogP contribution < -0.4 is 5.32 Å². The number of ether oxygens (including phenoxy) is 1. The number of aryl methyl sites for hydroxylation is 1. The highest BCUT2D eigenvalue weighted by Gasteiger charge is 2.31. The quantitative estimate of drug-likeness (QED) is 0.883. The molecule has 7 nitrogen and oxygen atoms in total. The highest BCUT2D eigenvalue weighted by atomic mass is 16.5. The number of urea groups is 1. The molecule has 0 spiro atoms. The van der Waals surface area contributed by atoms with E-state index in [-0.39, 0.29) is 12.1 Å². The van der Waals surface area contributed by atoms with E-state index in [0.717, 1.165) is 51.3 Å². The Labute approximate surface area is 144 Å². The van der Waals surface area contributed by atoms with Crippen LogP contribution >= 0.6 is 0 Å². The van der Waals surface area contributed by atoms with E-state index in [9.17, 15) is 4.79 Å². The van der Waals surface area contributed by atoms with Crippen molar-refractivity contribution in [2.75, 3.05) is 39.3 Å². The van der Waals surface area contributed by atoms with E-state index in [1.807, 2.05) is 28.9 Å². The van der Waals surface area contributed by atoms with Gasteiger partial charge >= 0.3 is 6.03 Å². The number of imidazole rings is 1. The molecule has 0 radical (unpaired) electrons. The van der Waals surface area contributed by atoms with Crippen molar-refractivity contribution >= 4 is 6.03 Å². The van der Waals surface area contributed by atoms with Gasteiger partial charge in [0.2, 0.25) is 0 Å². The number of nitrogens with zero attached hydrogens (tertiary/aromatic N) is 4. The number of carbonyl (C=O) groups is 1. The van der Waals surface area contributed by atoms with Crippen molar-refractivity contribution < 1.29 is 9.53 Å². The van der Waals surface area contributed by atoms with Crippen LogP contribution in [0.4, 0.5) is 4.79 Å². The minimum absolute atomic E-state index is 0.0305. The van der Waals surface area contributed by atoms with Gasteiger partial charge in [0, 0.05) is 52.2 Å². The third kappa shape index (κ3) is 3.89. The van der Waals surface area contributed by atoms with Crippen molar-refractivity contribution in [2.45, 2.75) is 38.3 Å². The van der Waals surface area contributed by atoms with Crippen LogP contribution in [0.3, 0.4) is 0 Å². The van der Waals surface area contributed by atoms with Crippen LogP contribution in [-0.4, -0.2) is 70.8 Å². The van der Waals surface area contributed by atoms with Crippen molar-refractivity contribution in [3.8, 4) is 0 Å². The van der Waals surface area contributed by atoms with Gasteiger partial charge in [0.05, 0.1) is 12.1 Å². The topological polar surface area (TPSA) is 62.6 Å². The number of amides is 2. The van der Waals surface area contributed by atoms with Crippen molar-refractivity contribution in [3.05, 3.63) is 18.2 Å². The van der Waals surface area contributed by atoms with Crippen LogP contribution in [0, 0.1) is 0 Å². The molecule has 2 aliphatic rings. The van der Waals surface area contributed by atoms with Gasteiger partial charge in [-0.25, -0.2) is 9.78 Å². The SMILES string of the molecule is CCN1CCN(C(=O)NCC[C@H]2CCCO2)C[C@H]1c1nccn1C. The first-order chi connectivity index (χ1) is 11.7. The van der Waals surface area contributed by atoms with Crippen LogP contribution in [-0.2, 0) is 11.8 Å². The summed E-state index contributed by atoms with van der Waals surface area (Å²) in [5, 5.41) is 3.05. The van der Waals surface area contributed by atoms with E-state index in [2.05, 4.69) is 22.1 Å². The Morgan fingerprint density at radius 1 is 1.46 bits per heavy atom. The minimum Gasteiger partial charge on any atom is -0.378 e. The highest BCUT2D eigenvalue weighted by Crippen LogP contribution is 2.23. The molecule has 0 aliphatic carbocycles. The third-order valence-corrected chi connectivity index (χ3v) is 5.11. The molecule has 1 aromatic heterocycles. The Kier molecular flexibility index (Phi) is 5.73. The molecule has 3 heterocycles. The zero-order chi connectivity index (χ0) is 16.9. The van der Waals surface area contributed by atoms with E-state index in [0.29, 0.717) is 19.2 Å². The second-order valence-electron chi connectivity index (χ2n) is 6.64. The summed E-state index contributed by atoms with van der Waals surface area (Å²) < 4.78 is 7.65. The summed E-state index contributed by atoms with van der Waals surface area (Å²) in [6.45, 7) is 7.00. The number of hydrogen-bond donors (Lipinski definition) is 1. The first kappa shape index (κ1) is 17.2. The third-order valence-electron chi connectivity index (χ3n) is 5.11. The standard InChI is InChI=1S/C17H29N5O2/c1-3-21-10-11-22(13-15(21)16-18-8-9-20(16)2)17(23)19-7-6-14-5-4-12-24-14/h8-9,14-15H,3-7,10-13H2,1-2H3,(H,19,23)/t14-,15+/m1/s1. The predicted octanol–water partition coefficient (Wildman–Crippen LogP) is 1.38. The summed E-state index contributed by atoms with van der Waals surface area (Å²) in [6, 6.07) is 0.190. The van der Waals surface area contributed by atoms with Gasteiger partial charge in [-0.2, -0.15) is 0 Å². The second-order valence-corrected chi connectivity index (χ2v) is 6.64. The summed E-state index contributed by atoms with van der Waals surface area (Å²) in [4.78, 5) is 21.3. The van der Waals surface area contributed by atoms with Gasteiger partial charge in [-0.3, -0.25) is 4.90 Å². The molecule has 0 bridgehead atoms. The molecule has 2 atom stereocenters. The van der Waals surface area contributed by atoms with Gasteiger partial charge in [-0.15, -0.1) is 0 Å². The first-order valence-electron chi connectivity index (χ1n) is 9.04. The van der Waals surface area contributed by atoms with Crippen molar-refractivity contribution in [2.24, 2.45) is 7.05 Å². The second kappa shape index (κ2) is 7.98. The van der Waals surface area contributed by atoms with Gasteiger partial charge in [0.15, 0.2) is 0 Å². The first-order valence-corrected chi connectivity index (χ1v) is 9.04. The molecule has 0 aromatic carbocycles. The normalized spacial score (nSPS) is 25.2. The number of likely N-dealkylation sites (N-methyl/N-ethyl adjacent to an activating group) is 1. The lowest BCUT2D eigenvalue weighted by Gasteiger charge is -2.40. The van der Waals surface area contributed by atoms with Gasteiger partial charge < -0.3 is 19.5 Å². The molecule has 0 saturated carbocycles. The Hall–Kier alpha value is -1.60. The van der Waals surface area contributed by atoms with Crippen LogP contribution in [0.5, 0.6) is 0 Å². The summed E-state index contributed by atoms with van der Waals surface area (Å²) >= 11 is 0. The van der Waals surface area contributed by atoms with Crippen LogP contribution in [0.15, 0.2) is 12.4 Å². The van der Waals surface area contributed by atoms with Gasteiger partial charge in [0.25, 0.3) is 0 Å². The van der Waals surface area contributed by atoms with Crippen molar-refractivity contribution in [1.29, 1.82) is 0 Å². The van der Waals surface area contributed by atoms with E-state index in [1.165, 1.54) is 0 Å². The fourth-order valence-corrected chi connectivity index (χ4v) is 3.65. The number of rotatable bonds is 5. The van der Waals surface area contributed by atoms with Crippen LogP contribution in [0.1, 0.15) is 38.1 Å². The van der Waals surface area contributed by atoms with Crippen LogP contribution in [0.25, 0.3) is 0 Å². The fraction of sp³-hybridized carbons (Fsp3) is 0.765. The molecule has 134 valence electrons. The lowest BCUT2D eigenvalue weighted by molar-refractivity contribution is 0.0854. The molecule has 24 heavy (non-hydrogen) atoms. The zero-order valence-electron chi connectivity index (χ0n) is 14.8. The molecule has 1 N–H and O–H groups in total. The number of aromatic nitrogens is 2. The molecule has 2 amide bonds. The predicted molar refractivity (Wildman–Crippen MR) is 91.8 cm³/mol. The minimum atomic E-state index is 0.0305. The van der Waals surface area contributed by atoms with E-state index >= 15 is 0 Å². The molecular weight excluding hydrogens is 306 g/mol. The Balaban J connectivity index is 1.54. The molecule has 3 rings (SSSR count). The summed E-state index contributed by atoms with van der Waals surface area (Å²) in [5.41, 5.74) is 0. The van der Waals surface area contributed by atoms with E-state index in [4.69, 9.17) is 4.74 Å². The smallest absolute Gasteiger partial charge is 0.317 e. The maximum atomic E-state index is 12.5. The zero-order valence-corrected chi connectivity index (χ0v) is 14.8. The van der Waals surface area contributed by atoms with Crippen LogP contribution in [0.2, 0.25) is 0 Å². The van der Waals surface area contributed by atoms with Crippen molar-refractivity contribution in [1.82, 2.24) is 24.7 Å². The molecular formula is C17H29N5O2. The number of hydrogen-bond acceptors (Lipinski definition) is 4. The Morgan fingerprint density at radius 3 is 3.00 bits per heavy atom. The summed E-state index contributed by atoms with van der Waals surface area (Å²) in [5.74, 6) is 1.02. The monoisotopic (exact) mass is 335 g/mol. The maximum absolute atomic E-state index is 12.5. The van der Waals surface area contributed by atoms with Gasteiger partial charge in [0.1, 0.15) is 5.82 Å². The number of carbonyl (C=O) groups excluding carboxylic acids is 1. The summed E-state index contributed by atoms with van der Waals surface area (Å²) in [6.07, 6.45) is 7.27. The number of nitrogens with one attached hydrogen (secondary N) is 1. The highest BCUT2D eigenvalue weighted by molar-refractivity contribution is 5.74.